The second kappa shape index (κ2) is 8.76. The van der Waals surface area contributed by atoms with Gasteiger partial charge in [0.25, 0.3) is 0 Å². The highest BCUT2D eigenvalue weighted by Gasteiger charge is 2.30. The molecule has 0 spiro atoms. The Morgan fingerprint density at radius 2 is 1.83 bits per heavy atom. The van der Waals surface area contributed by atoms with Crippen LogP contribution in [0.4, 0.5) is 10.8 Å². The van der Waals surface area contributed by atoms with Gasteiger partial charge in [-0.05, 0) is 42.7 Å². The Hall–Kier alpha value is -2.70. The van der Waals surface area contributed by atoms with Crippen molar-refractivity contribution in [3.8, 4) is 5.75 Å². The van der Waals surface area contributed by atoms with Crippen LogP contribution in [0.25, 0.3) is 0 Å². The van der Waals surface area contributed by atoms with Crippen molar-refractivity contribution in [3.63, 3.8) is 0 Å². The molecule has 0 saturated heterocycles. The van der Waals surface area contributed by atoms with Crippen LogP contribution in [0.3, 0.4) is 0 Å². The second-order valence-electron chi connectivity index (χ2n) is 7.30. The molecule has 1 saturated carbocycles. The zero-order valence-electron chi connectivity index (χ0n) is 16.7. The number of benzene rings is 2. The number of carbonyl (C=O) groups excluding carboxylic acids is 1. The first-order valence-electron chi connectivity index (χ1n) is 9.81. The minimum Gasteiger partial charge on any atom is -0.497 e. The Morgan fingerprint density at radius 3 is 2.45 bits per heavy atom. The Kier molecular flexibility index (Phi) is 5.92. The zero-order chi connectivity index (χ0) is 20.2. The molecule has 0 bridgehead atoms. The maximum absolute atomic E-state index is 12.3. The van der Waals surface area contributed by atoms with Crippen molar-refractivity contribution < 1.29 is 9.53 Å². The number of methoxy groups -OCH3 is 1. The number of hydrogen-bond donors (Lipinski definition) is 0. The number of aromatic nitrogens is 1. The molecule has 1 heterocycles. The van der Waals surface area contributed by atoms with Crippen LogP contribution in [0, 0.1) is 0 Å². The third kappa shape index (κ3) is 4.83. The fourth-order valence-corrected chi connectivity index (χ4v) is 4.28. The molecule has 150 valence electrons. The predicted octanol–water partition coefficient (Wildman–Crippen LogP) is 5.00. The van der Waals surface area contributed by atoms with Crippen molar-refractivity contribution in [3.05, 3.63) is 71.2 Å². The van der Waals surface area contributed by atoms with Gasteiger partial charge in [0.2, 0.25) is 5.91 Å². The van der Waals surface area contributed by atoms with E-state index in [9.17, 15) is 4.79 Å². The van der Waals surface area contributed by atoms with Gasteiger partial charge in [-0.3, -0.25) is 14.6 Å². The molecule has 2 aromatic carbocycles. The Morgan fingerprint density at radius 1 is 1.10 bits per heavy atom. The van der Waals surface area contributed by atoms with E-state index in [4.69, 9.17) is 9.72 Å². The van der Waals surface area contributed by atoms with E-state index in [0.29, 0.717) is 6.04 Å². The number of anilines is 2. The molecule has 1 aliphatic rings. The molecule has 1 amide bonds. The summed E-state index contributed by atoms with van der Waals surface area (Å²) >= 11 is 1.52. The van der Waals surface area contributed by atoms with Crippen LogP contribution >= 0.6 is 11.3 Å². The number of carbonyl (C=O) groups is 1. The van der Waals surface area contributed by atoms with E-state index in [-0.39, 0.29) is 5.91 Å². The summed E-state index contributed by atoms with van der Waals surface area (Å²) in [5.74, 6) is 0.843. The first-order valence-corrected chi connectivity index (χ1v) is 10.7. The van der Waals surface area contributed by atoms with Crippen LogP contribution < -0.4 is 9.64 Å². The summed E-state index contributed by atoms with van der Waals surface area (Å²) in [6, 6.07) is 18.5. The predicted molar refractivity (Wildman–Crippen MR) is 117 cm³/mol. The summed E-state index contributed by atoms with van der Waals surface area (Å²) in [7, 11) is 1.69. The molecule has 29 heavy (non-hydrogen) atoms. The van der Waals surface area contributed by atoms with E-state index in [1.165, 1.54) is 29.7 Å². The van der Waals surface area contributed by atoms with Gasteiger partial charge in [0.15, 0.2) is 5.13 Å². The Balaban J connectivity index is 1.49. The maximum Gasteiger partial charge on any atom is 0.230 e. The van der Waals surface area contributed by atoms with Gasteiger partial charge in [0, 0.05) is 31.4 Å². The fourth-order valence-electron chi connectivity index (χ4n) is 3.40. The highest BCUT2D eigenvalue weighted by atomic mass is 32.1. The van der Waals surface area contributed by atoms with E-state index in [2.05, 4.69) is 22.4 Å². The third-order valence-corrected chi connectivity index (χ3v) is 5.91. The smallest absolute Gasteiger partial charge is 0.230 e. The first-order chi connectivity index (χ1) is 14.1. The standard InChI is InChI=1S/C23H25N3O2S/c1-17(27)26(21-6-4-3-5-7-21)23-24-19(16-29-23)15-25(20-10-11-20)14-18-8-12-22(28-2)13-9-18/h3-9,12-13,16,20H,10-11,14-15H2,1-2H3. The molecular formula is C23H25N3O2S. The Labute approximate surface area is 175 Å². The van der Waals surface area contributed by atoms with Gasteiger partial charge in [0.1, 0.15) is 5.75 Å². The number of hydrogen-bond acceptors (Lipinski definition) is 5. The summed E-state index contributed by atoms with van der Waals surface area (Å²) in [4.78, 5) is 21.2. The highest BCUT2D eigenvalue weighted by Crippen LogP contribution is 2.33. The highest BCUT2D eigenvalue weighted by molar-refractivity contribution is 7.14. The van der Waals surface area contributed by atoms with E-state index in [1.807, 2.05) is 42.5 Å². The molecule has 3 aromatic rings. The topological polar surface area (TPSA) is 45.7 Å². The van der Waals surface area contributed by atoms with Gasteiger partial charge in [0.05, 0.1) is 18.5 Å². The lowest BCUT2D eigenvalue weighted by Crippen LogP contribution is -2.25. The summed E-state index contributed by atoms with van der Waals surface area (Å²) in [6.07, 6.45) is 2.47. The quantitative estimate of drug-likeness (QED) is 0.527. The molecule has 1 fully saturated rings. The maximum atomic E-state index is 12.3. The number of nitrogens with zero attached hydrogens (tertiary/aromatic N) is 3. The van der Waals surface area contributed by atoms with Gasteiger partial charge in [-0.1, -0.05) is 30.3 Å². The lowest BCUT2D eigenvalue weighted by atomic mass is 10.2. The average molecular weight is 408 g/mol. The largest absolute Gasteiger partial charge is 0.497 e. The second-order valence-corrected chi connectivity index (χ2v) is 8.13. The van der Waals surface area contributed by atoms with E-state index >= 15 is 0 Å². The summed E-state index contributed by atoms with van der Waals surface area (Å²) in [5.41, 5.74) is 3.12. The Bertz CT molecular complexity index is 952. The molecule has 4 rings (SSSR count). The van der Waals surface area contributed by atoms with Crippen molar-refractivity contribution >= 4 is 28.1 Å². The molecule has 0 radical (unpaired) electrons. The molecule has 6 heteroatoms. The van der Waals surface area contributed by atoms with Crippen LogP contribution in [0.5, 0.6) is 5.75 Å². The van der Waals surface area contributed by atoms with Crippen LogP contribution in [0.15, 0.2) is 60.0 Å². The van der Waals surface area contributed by atoms with Gasteiger partial charge in [-0.25, -0.2) is 4.98 Å². The SMILES string of the molecule is COc1ccc(CN(Cc2csc(N(C(C)=O)c3ccccc3)n2)C2CC2)cc1. The fraction of sp³-hybridized carbons (Fsp3) is 0.304. The van der Waals surface area contributed by atoms with Gasteiger partial charge < -0.3 is 4.74 Å². The molecular weight excluding hydrogens is 382 g/mol. The summed E-state index contributed by atoms with van der Waals surface area (Å²) in [6.45, 7) is 3.25. The summed E-state index contributed by atoms with van der Waals surface area (Å²) < 4.78 is 5.26. The van der Waals surface area contributed by atoms with Crippen LogP contribution in [-0.2, 0) is 17.9 Å². The van der Waals surface area contributed by atoms with E-state index in [0.717, 1.165) is 35.4 Å². The van der Waals surface area contributed by atoms with E-state index < -0.39 is 0 Å². The number of amides is 1. The molecule has 0 unspecified atom stereocenters. The van der Waals surface area contributed by atoms with Gasteiger partial charge in [-0.15, -0.1) is 11.3 Å². The average Bonchev–Trinajstić information content (AvgIpc) is 3.49. The number of thiazole rings is 1. The third-order valence-electron chi connectivity index (χ3n) is 5.03. The van der Waals surface area contributed by atoms with Crippen molar-refractivity contribution in [2.75, 3.05) is 12.0 Å². The van der Waals surface area contributed by atoms with Crippen LogP contribution in [0.1, 0.15) is 31.0 Å². The van der Waals surface area contributed by atoms with Crippen molar-refractivity contribution in [1.29, 1.82) is 0 Å². The first kappa shape index (κ1) is 19.6. The van der Waals surface area contributed by atoms with Crippen molar-refractivity contribution in [2.24, 2.45) is 0 Å². The molecule has 0 aliphatic heterocycles. The van der Waals surface area contributed by atoms with Gasteiger partial charge >= 0.3 is 0 Å². The lowest BCUT2D eigenvalue weighted by molar-refractivity contribution is -0.115. The number of rotatable bonds is 8. The van der Waals surface area contributed by atoms with Crippen molar-refractivity contribution in [1.82, 2.24) is 9.88 Å². The molecule has 1 aromatic heterocycles. The number of ether oxygens (including phenoxy) is 1. The number of para-hydroxylation sites is 1. The minimum atomic E-state index is -0.0330. The summed E-state index contributed by atoms with van der Waals surface area (Å²) in [5, 5.41) is 2.79. The van der Waals surface area contributed by atoms with Crippen molar-refractivity contribution in [2.45, 2.75) is 38.9 Å². The molecule has 1 aliphatic carbocycles. The zero-order valence-corrected chi connectivity index (χ0v) is 17.6. The molecule has 0 N–H and O–H groups in total. The van der Waals surface area contributed by atoms with E-state index in [1.54, 1.807) is 18.9 Å². The monoisotopic (exact) mass is 407 g/mol. The normalized spacial score (nSPS) is 13.5. The molecule has 0 atom stereocenters. The van der Waals surface area contributed by atoms with Crippen LogP contribution in [0.2, 0.25) is 0 Å². The lowest BCUT2D eigenvalue weighted by Gasteiger charge is -2.21. The van der Waals surface area contributed by atoms with Crippen LogP contribution in [-0.4, -0.2) is 28.9 Å². The van der Waals surface area contributed by atoms with Gasteiger partial charge in [-0.2, -0.15) is 0 Å². The molecule has 5 nitrogen and oxygen atoms in total. The minimum absolute atomic E-state index is 0.0330.